The van der Waals surface area contributed by atoms with Crippen molar-refractivity contribution in [3.8, 4) is 0 Å². The van der Waals surface area contributed by atoms with Gasteiger partial charge in [0.05, 0.1) is 28.6 Å². The maximum absolute atomic E-state index is 13.8. The van der Waals surface area contributed by atoms with Gasteiger partial charge in [0.1, 0.15) is 5.70 Å². The second-order valence-electron chi connectivity index (χ2n) is 11.6. The fourth-order valence-electron chi connectivity index (χ4n) is 6.47. The van der Waals surface area contributed by atoms with Crippen LogP contribution in [0.4, 0.5) is 5.69 Å². The Kier molecular flexibility index (Phi) is 10.5. The van der Waals surface area contributed by atoms with E-state index in [-0.39, 0.29) is 40.9 Å². The zero-order chi connectivity index (χ0) is 32.2. The molecule has 0 aliphatic carbocycles. The Labute approximate surface area is 259 Å². The third-order valence-corrected chi connectivity index (χ3v) is 14.1. The van der Waals surface area contributed by atoms with E-state index in [0.717, 1.165) is 29.3 Å². The lowest BCUT2D eigenvalue weighted by Gasteiger charge is -2.49. The summed E-state index contributed by atoms with van der Waals surface area (Å²) in [5.41, 5.74) is 1.71. The molecule has 0 bridgehead atoms. The average molecular weight is 623 g/mol. The number of pyridine rings is 1. The molecule has 11 nitrogen and oxygen atoms in total. The van der Waals surface area contributed by atoms with Crippen LogP contribution in [0.15, 0.2) is 60.1 Å². The first-order valence-electron chi connectivity index (χ1n) is 15.4. The summed E-state index contributed by atoms with van der Waals surface area (Å²) in [6, 6.07) is 11.3. The number of likely N-dealkylation sites (N-methyl/N-ethyl adjacent to an activating group) is 1. The minimum absolute atomic E-state index is 0.00334. The van der Waals surface area contributed by atoms with Crippen molar-refractivity contribution >= 4 is 31.9 Å². The molecule has 0 spiro atoms. The predicted molar refractivity (Wildman–Crippen MR) is 167 cm³/mol. The fourth-order valence-corrected chi connectivity index (χ4v) is 9.41. The van der Waals surface area contributed by atoms with E-state index in [0.29, 0.717) is 19.6 Å². The van der Waals surface area contributed by atoms with Crippen LogP contribution < -0.4 is 0 Å². The van der Waals surface area contributed by atoms with E-state index in [9.17, 15) is 24.5 Å². The lowest BCUT2D eigenvalue weighted by atomic mass is 9.77. The lowest BCUT2D eigenvalue weighted by molar-refractivity contribution is -0.384. The summed E-state index contributed by atoms with van der Waals surface area (Å²) in [5, 5.41) is 11.0. The van der Waals surface area contributed by atoms with Crippen LogP contribution >= 0.6 is 0 Å². The second kappa shape index (κ2) is 13.9. The number of esters is 2. The number of benzene rings is 1. The van der Waals surface area contributed by atoms with Gasteiger partial charge in [-0.1, -0.05) is 34.6 Å². The van der Waals surface area contributed by atoms with E-state index in [1.807, 2.05) is 32.9 Å². The molecule has 1 amide bonds. The summed E-state index contributed by atoms with van der Waals surface area (Å²) in [7, 11) is -2.00. The molecule has 0 radical (unpaired) electrons. The quantitative estimate of drug-likeness (QED) is 0.0684. The molecule has 44 heavy (non-hydrogen) atoms. The number of carbonyl (C=O) groups is 3. The van der Waals surface area contributed by atoms with Crippen molar-refractivity contribution in [2.45, 2.75) is 78.4 Å². The molecule has 0 N–H and O–H groups in total. The Morgan fingerprint density at radius 1 is 1.02 bits per heavy atom. The molecule has 1 saturated heterocycles. The number of nitro groups is 1. The summed E-state index contributed by atoms with van der Waals surface area (Å²) >= 11 is 0. The van der Waals surface area contributed by atoms with Crippen molar-refractivity contribution in [2.75, 3.05) is 13.1 Å². The van der Waals surface area contributed by atoms with E-state index >= 15 is 0 Å². The smallest absolute Gasteiger partial charge is 0.362 e. The number of rotatable bonds is 14. The number of aromatic nitrogens is 1. The summed E-state index contributed by atoms with van der Waals surface area (Å²) in [4.78, 5) is 58.7. The van der Waals surface area contributed by atoms with E-state index in [4.69, 9.17) is 9.16 Å². The molecular formula is C32H42N4O7Si. The largest absolute Gasteiger partial charge is 0.413 e. The zero-order valence-corrected chi connectivity index (χ0v) is 27.3. The monoisotopic (exact) mass is 622 g/mol. The molecule has 2 aliphatic rings. The number of carbonyl (C=O) groups excluding carboxylic acids is 3. The first-order chi connectivity index (χ1) is 21.0. The van der Waals surface area contributed by atoms with E-state index < -0.39 is 31.1 Å². The van der Waals surface area contributed by atoms with Crippen molar-refractivity contribution in [1.82, 2.24) is 14.8 Å². The van der Waals surface area contributed by atoms with Gasteiger partial charge in [0, 0.05) is 43.5 Å². The van der Waals surface area contributed by atoms with Gasteiger partial charge in [0.15, 0.2) is 8.32 Å². The first-order valence-corrected chi connectivity index (χ1v) is 17.9. The molecule has 1 aromatic heterocycles. The highest BCUT2D eigenvalue weighted by Gasteiger charge is 2.61. The van der Waals surface area contributed by atoms with Crippen molar-refractivity contribution in [3.05, 3.63) is 81.3 Å². The van der Waals surface area contributed by atoms with Crippen molar-refractivity contribution in [2.24, 2.45) is 11.8 Å². The molecule has 0 unspecified atom stereocenters. The number of β-lactam (4-membered cyclic amide) rings is 1. The second-order valence-corrected chi connectivity index (χ2v) is 16.3. The van der Waals surface area contributed by atoms with Gasteiger partial charge in [-0.15, -0.1) is 0 Å². The molecule has 3 heterocycles. The molecular weight excluding hydrogens is 580 g/mol. The van der Waals surface area contributed by atoms with Crippen LogP contribution in [0, 0.1) is 22.0 Å². The number of non-ortho nitro benzene ring substituents is 1. The van der Waals surface area contributed by atoms with Crippen LogP contribution in [0.3, 0.4) is 0 Å². The van der Waals surface area contributed by atoms with Gasteiger partial charge in [-0.3, -0.25) is 24.8 Å². The van der Waals surface area contributed by atoms with Gasteiger partial charge in [0.25, 0.3) is 5.69 Å². The number of ether oxygens (including phenoxy) is 1. The molecule has 1 fully saturated rings. The molecule has 1 aromatic carbocycles. The van der Waals surface area contributed by atoms with Crippen LogP contribution in [-0.2, 0) is 25.3 Å². The Balaban J connectivity index is 1.63. The normalized spacial score (nSPS) is 20.4. The van der Waals surface area contributed by atoms with Gasteiger partial charge in [-0.2, -0.15) is 0 Å². The molecule has 236 valence electrons. The summed E-state index contributed by atoms with van der Waals surface area (Å²) in [6.45, 7) is 14.1. The van der Waals surface area contributed by atoms with Crippen molar-refractivity contribution in [1.29, 1.82) is 0 Å². The highest BCUT2D eigenvalue weighted by molar-refractivity contribution is 6.73. The molecule has 4 atom stereocenters. The van der Waals surface area contributed by atoms with Crippen molar-refractivity contribution < 1.29 is 28.5 Å². The SMILES string of the molecule is CCN(CC1=C(C(=O)OC(=O)c2ccc([N+](=O)[O-])cc2)N2C(=O)[C@H]([C@@H](C)O[Si](CC)(CC)CC)[C@H]2[C@H]1C)Cc1ccncc1. The van der Waals surface area contributed by atoms with E-state index in [1.165, 1.54) is 29.2 Å². The van der Waals surface area contributed by atoms with Crippen LogP contribution in [-0.4, -0.2) is 71.1 Å². The Morgan fingerprint density at radius 2 is 1.64 bits per heavy atom. The number of nitro benzene ring substituents is 1. The van der Waals surface area contributed by atoms with Crippen molar-refractivity contribution in [3.63, 3.8) is 0 Å². The van der Waals surface area contributed by atoms with E-state index in [2.05, 4.69) is 30.7 Å². The highest BCUT2D eigenvalue weighted by Crippen LogP contribution is 2.49. The van der Waals surface area contributed by atoms with Gasteiger partial charge in [0.2, 0.25) is 5.91 Å². The van der Waals surface area contributed by atoms with Crippen LogP contribution in [0.1, 0.15) is 57.5 Å². The van der Waals surface area contributed by atoms with Gasteiger partial charge >= 0.3 is 11.9 Å². The summed E-state index contributed by atoms with van der Waals surface area (Å²) in [5.74, 6) is -2.64. The summed E-state index contributed by atoms with van der Waals surface area (Å²) < 4.78 is 12.0. The maximum atomic E-state index is 13.8. The predicted octanol–water partition coefficient (Wildman–Crippen LogP) is 5.34. The average Bonchev–Trinajstić information content (AvgIpc) is 3.27. The molecule has 4 rings (SSSR count). The van der Waals surface area contributed by atoms with Gasteiger partial charge < -0.3 is 14.1 Å². The molecule has 12 heteroatoms. The van der Waals surface area contributed by atoms with Gasteiger partial charge in [-0.05, 0) is 67.0 Å². The van der Waals surface area contributed by atoms with Crippen LogP contribution in [0.2, 0.25) is 18.1 Å². The van der Waals surface area contributed by atoms with Crippen LogP contribution in [0.25, 0.3) is 0 Å². The number of hydrogen-bond acceptors (Lipinski definition) is 9. The zero-order valence-electron chi connectivity index (χ0n) is 26.3. The number of fused-ring (bicyclic) bond motifs is 1. The fraction of sp³-hybridized carbons (Fsp3) is 0.500. The Bertz CT molecular complexity index is 1400. The van der Waals surface area contributed by atoms with E-state index in [1.54, 1.807) is 12.4 Å². The molecule has 2 aromatic rings. The number of hydrogen-bond donors (Lipinski definition) is 0. The first kappa shape index (κ1) is 33.2. The Hall–Kier alpha value is -3.74. The third-order valence-electron chi connectivity index (χ3n) is 9.36. The van der Waals surface area contributed by atoms with Crippen LogP contribution in [0.5, 0.6) is 0 Å². The number of nitrogens with zero attached hydrogens (tertiary/aromatic N) is 4. The standard InChI is InChI=1S/C32H42N4O7Si/c1-7-34(19-23-15-17-33-18-16-23)20-26-21(5)28-27(22(6)43-44(8-2,9-3)10-4)30(37)35(28)29(26)32(39)42-31(38)24-11-13-25(14-12-24)36(40)41/h11-18,21-22,27-28H,7-10,19-20H2,1-6H3/t21-,22+,27+,28+/m0/s1. The minimum Gasteiger partial charge on any atom is -0.413 e. The lowest BCUT2D eigenvalue weighted by Crippen LogP contribution is -2.65. The maximum Gasteiger partial charge on any atom is 0.362 e. The van der Waals surface area contributed by atoms with Gasteiger partial charge in [-0.25, -0.2) is 9.59 Å². The minimum atomic E-state index is -2.00. The Morgan fingerprint density at radius 3 is 2.18 bits per heavy atom. The molecule has 2 aliphatic heterocycles. The summed E-state index contributed by atoms with van der Waals surface area (Å²) in [6.07, 6.45) is 3.15. The highest BCUT2D eigenvalue weighted by atomic mass is 28.4. The topological polar surface area (TPSA) is 132 Å². The molecule has 0 saturated carbocycles. The third kappa shape index (κ3) is 6.52. The number of amides is 1.